The van der Waals surface area contributed by atoms with Crippen LogP contribution >= 0.6 is 0 Å². The number of hydrogen-bond donors (Lipinski definition) is 2. The molecule has 3 rings (SSSR count). The molecule has 1 atom stereocenters. The summed E-state index contributed by atoms with van der Waals surface area (Å²) in [5.41, 5.74) is 5.46. The maximum absolute atomic E-state index is 13.3. The van der Waals surface area contributed by atoms with Crippen LogP contribution in [0.1, 0.15) is 36.7 Å². The number of ether oxygens (including phenoxy) is 1. The maximum Gasteiger partial charge on any atom is 0.256 e. The lowest BCUT2D eigenvalue weighted by Gasteiger charge is -2.26. The van der Waals surface area contributed by atoms with Crippen LogP contribution in [-0.2, 0) is 20.6 Å². The van der Waals surface area contributed by atoms with Crippen molar-refractivity contribution in [1.29, 1.82) is 0 Å². The van der Waals surface area contributed by atoms with Crippen molar-refractivity contribution in [3.05, 3.63) is 65.7 Å². The lowest BCUT2D eigenvalue weighted by molar-refractivity contribution is 0.102. The van der Waals surface area contributed by atoms with Crippen LogP contribution in [0.3, 0.4) is 0 Å². The summed E-state index contributed by atoms with van der Waals surface area (Å²) in [6.07, 6.45) is 1.61. The van der Waals surface area contributed by atoms with Gasteiger partial charge in [-0.25, -0.2) is 0 Å². The number of hydrazine groups is 1. The van der Waals surface area contributed by atoms with E-state index in [0.717, 1.165) is 16.3 Å². The molecule has 1 amide bonds. The lowest BCUT2D eigenvalue weighted by atomic mass is 9.86. The monoisotopic (exact) mass is 440 g/mol. The standard InChI is InChI=1S/C24H29N3O3S/c1-24(2,3)17-14-20(22(30-5)21(15-17)27(25-4)31(6)29)26-23(28)19-13-9-11-16-10-7-8-12-18(16)19/h7-15,25H,1-6H3,(H,26,28)/p+1. The summed E-state index contributed by atoms with van der Waals surface area (Å²) in [5, 5.41) is 4.90. The first kappa shape index (κ1) is 22.8. The number of carbonyl (C=O) groups excluding carboxylic acids is 1. The molecule has 0 spiro atoms. The second kappa shape index (κ2) is 9.08. The molecule has 0 fully saturated rings. The molecule has 164 valence electrons. The van der Waals surface area contributed by atoms with E-state index in [0.29, 0.717) is 22.7 Å². The van der Waals surface area contributed by atoms with Gasteiger partial charge in [0.25, 0.3) is 5.91 Å². The Kier molecular flexibility index (Phi) is 6.67. The van der Waals surface area contributed by atoms with Gasteiger partial charge in [-0.1, -0.05) is 61.4 Å². The van der Waals surface area contributed by atoms with Crippen molar-refractivity contribution in [3.8, 4) is 5.75 Å². The summed E-state index contributed by atoms with van der Waals surface area (Å²) in [4.78, 5) is 13.3. The van der Waals surface area contributed by atoms with E-state index >= 15 is 0 Å². The molecule has 0 aliphatic rings. The molecule has 0 saturated carbocycles. The molecule has 6 nitrogen and oxygen atoms in total. The number of anilines is 2. The average Bonchev–Trinajstić information content (AvgIpc) is 2.72. The summed E-state index contributed by atoms with van der Waals surface area (Å²) < 4.78 is 19.6. The van der Waals surface area contributed by atoms with Crippen LogP contribution in [-0.4, -0.2) is 26.3 Å². The minimum absolute atomic E-state index is 0.196. The minimum Gasteiger partial charge on any atom is -0.492 e. The van der Waals surface area contributed by atoms with E-state index in [4.69, 9.17) is 4.74 Å². The fraction of sp³-hybridized carbons (Fsp3) is 0.292. The molecule has 0 bridgehead atoms. The Labute approximate surface area is 186 Å². The quantitative estimate of drug-likeness (QED) is 0.334. The van der Waals surface area contributed by atoms with Gasteiger partial charge in [0, 0.05) is 12.6 Å². The van der Waals surface area contributed by atoms with E-state index in [1.165, 1.54) is 0 Å². The van der Waals surface area contributed by atoms with E-state index in [9.17, 15) is 9.00 Å². The molecule has 2 N–H and O–H groups in total. The fourth-order valence-corrected chi connectivity index (χ4v) is 4.27. The predicted molar refractivity (Wildman–Crippen MR) is 131 cm³/mol. The zero-order valence-corrected chi connectivity index (χ0v) is 19.7. The van der Waals surface area contributed by atoms with Crippen LogP contribution in [0.15, 0.2) is 54.6 Å². The molecule has 0 aromatic heterocycles. The van der Waals surface area contributed by atoms with E-state index in [-0.39, 0.29) is 11.3 Å². The second-order valence-electron chi connectivity index (χ2n) is 8.31. The number of amides is 1. The molecule has 3 aromatic carbocycles. The SMILES string of the molecule is CNN(c1cc(C(C)(C)C)cc(NC(=O)c2cccc3ccccc23)c1OC)[SH+](C)=O. The first-order valence-corrected chi connectivity index (χ1v) is 11.7. The number of rotatable bonds is 6. The van der Waals surface area contributed by atoms with Gasteiger partial charge in [0.2, 0.25) is 0 Å². The van der Waals surface area contributed by atoms with Crippen molar-refractivity contribution in [2.45, 2.75) is 26.2 Å². The Morgan fingerprint density at radius 3 is 2.35 bits per heavy atom. The number of hydrogen-bond acceptors (Lipinski definition) is 4. The molecular formula is C24H30N3O3S+. The van der Waals surface area contributed by atoms with Gasteiger partial charge >= 0.3 is 0 Å². The molecule has 31 heavy (non-hydrogen) atoms. The van der Waals surface area contributed by atoms with E-state index in [1.807, 2.05) is 54.6 Å². The second-order valence-corrected chi connectivity index (χ2v) is 9.64. The van der Waals surface area contributed by atoms with Crippen LogP contribution in [0, 0.1) is 0 Å². The molecule has 3 aromatic rings. The molecule has 0 heterocycles. The molecule has 0 saturated heterocycles. The van der Waals surface area contributed by atoms with E-state index in [2.05, 4.69) is 31.5 Å². The van der Waals surface area contributed by atoms with Gasteiger partial charge in [-0.3, -0.25) is 4.79 Å². The molecular weight excluding hydrogens is 410 g/mol. The topological polar surface area (TPSA) is 70.7 Å². The van der Waals surface area contributed by atoms with Crippen molar-refractivity contribution >= 4 is 39.0 Å². The van der Waals surface area contributed by atoms with Crippen molar-refractivity contribution in [2.75, 3.05) is 30.1 Å². The Bertz CT molecular complexity index is 1130. The van der Waals surface area contributed by atoms with Gasteiger partial charge in [-0.2, -0.15) is 5.43 Å². The average molecular weight is 441 g/mol. The maximum atomic E-state index is 13.3. The van der Waals surface area contributed by atoms with Crippen molar-refractivity contribution < 1.29 is 13.7 Å². The van der Waals surface area contributed by atoms with Crippen LogP contribution in [0.25, 0.3) is 10.8 Å². The lowest BCUT2D eigenvalue weighted by Crippen LogP contribution is -2.36. The Morgan fingerprint density at radius 2 is 1.74 bits per heavy atom. The molecule has 0 aliphatic carbocycles. The number of thiol groups is 1. The zero-order chi connectivity index (χ0) is 22.8. The summed E-state index contributed by atoms with van der Waals surface area (Å²) in [5.74, 6) is 0.213. The molecule has 1 unspecified atom stereocenters. The molecule has 7 heteroatoms. The third-order valence-corrected chi connectivity index (χ3v) is 6.12. The van der Waals surface area contributed by atoms with Gasteiger partial charge in [0.15, 0.2) is 16.7 Å². The summed E-state index contributed by atoms with van der Waals surface area (Å²) in [6, 6.07) is 17.3. The number of nitrogens with one attached hydrogen (secondary N) is 2. The van der Waals surface area contributed by atoms with Gasteiger partial charge in [-0.05, 0) is 39.9 Å². The third-order valence-electron chi connectivity index (χ3n) is 5.14. The van der Waals surface area contributed by atoms with Crippen molar-refractivity contribution in [3.63, 3.8) is 0 Å². The summed E-state index contributed by atoms with van der Waals surface area (Å²) in [7, 11) is 1.51. The number of methoxy groups -OCH3 is 1. The molecule has 0 radical (unpaired) electrons. The third kappa shape index (κ3) is 4.73. The van der Waals surface area contributed by atoms with Crippen LogP contribution in [0.5, 0.6) is 5.75 Å². The zero-order valence-electron chi connectivity index (χ0n) is 18.8. The van der Waals surface area contributed by atoms with Crippen molar-refractivity contribution in [2.24, 2.45) is 0 Å². The summed E-state index contributed by atoms with van der Waals surface area (Å²) in [6.45, 7) is 6.26. The minimum atomic E-state index is -1.73. The fourth-order valence-electron chi connectivity index (χ4n) is 3.54. The normalized spacial score (nSPS) is 12.5. The Hall–Kier alpha value is -2.90. The van der Waals surface area contributed by atoms with Gasteiger partial charge in [0.05, 0.1) is 12.8 Å². The van der Waals surface area contributed by atoms with Crippen LogP contribution in [0.2, 0.25) is 0 Å². The predicted octanol–water partition coefficient (Wildman–Crippen LogP) is 4.58. The van der Waals surface area contributed by atoms with Gasteiger partial charge in [0.1, 0.15) is 11.9 Å². The number of carbonyl (C=O) groups is 1. The first-order valence-electron chi connectivity index (χ1n) is 10.1. The highest BCUT2D eigenvalue weighted by Gasteiger charge is 2.27. The highest BCUT2D eigenvalue weighted by molar-refractivity contribution is 7.85. The number of fused-ring (bicyclic) bond motifs is 1. The highest BCUT2D eigenvalue weighted by atomic mass is 32.2. The van der Waals surface area contributed by atoms with Crippen LogP contribution in [0.4, 0.5) is 11.4 Å². The van der Waals surface area contributed by atoms with Crippen molar-refractivity contribution in [1.82, 2.24) is 5.43 Å². The summed E-state index contributed by atoms with van der Waals surface area (Å²) >= 11 is 0. The highest BCUT2D eigenvalue weighted by Crippen LogP contribution is 2.41. The van der Waals surface area contributed by atoms with Crippen LogP contribution < -0.4 is 19.9 Å². The van der Waals surface area contributed by atoms with Gasteiger partial charge in [-0.15, -0.1) is 4.41 Å². The van der Waals surface area contributed by atoms with Gasteiger partial charge < -0.3 is 10.1 Å². The Morgan fingerprint density at radius 1 is 1.06 bits per heavy atom. The van der Waals surface area contributed by atoms with E-state index < -0.39 is 11.0 Å². The molecule has 0 aliphatic heterocycles. The largest absolute Gasteiger partial charge is 0.492 e. The number of benzene rings is 3. The smallest absolute Gasteiger partial charge is 0.256 e. The van der Waals surface area contributed by atoms with E-state index in [1.54, 1.807) is 24.8 Å². The first-order chi connectivity index (χ1) is 14.7. The number of nitrogens with zero attached hydrogens (tertiary/aromatic N) is 1. The Balaban J connectivity index is 2.15.